The highest BCUT2D eigenvalue weighted by molar-refractivity contribution is 6.62. The quantitative estimate of drug-likeness (QED) is 0.296. The second-order valence-electron chi connectivity index (χ2n) is 5.66. The van der Waals surface area contributed by atoms with Crippen LogP contribution in [0.1, 0.15) is 0 Å². The third-order valence-electron chi connectivity index (χ3n) is 3.91. The largest absolute Gasteiger partial charge is 0.542 e. The maximum Gasteiger partial charge on any atom is 0.542 e. The number of hydrogen-bond donors (Lipinski definition) is 0. The molecule has 0 aromatic carbocycles. The second-order valence-corrected chi connectivity index (χ2v) is 8.59. The van der Waals surface area contributed by atoms with E-state index >= 15 is 0 Å². The molecule has 0 heterocycles. The van der Waals surface area contributed by atoms with E-state index in [1.165, 1.54) is 0 Å². The fourth-order valence-corrected chi connectivity index (χ4v) is 3.90. The molecule has 8 atom stereocenters. The molecule has 29 heavy (non-hydrogen) atoms. The van der Waals surface area contributed by atoms with E-state index in [4.69, 9.17) is 0 Å². The number of alkyl halides is 12. The molecule has 0 fully saturated rings. The monoisotopic (exact) mass is 478 g/mol. The summed E-state index contributed by atoms with van der Waals surface area (Å²) in [6, 6.07) is 0. The van der Waals surface area contributed by atoms with Crippen molar-refractivity contribution in [1.29, 1.82) is 0 Å². The SMILES string of the molecule is CO[Si](OC)(OC)C(F)C(F)(F)C(F)C(F)C(F)C(F)C(F)C(F)C(F)C(F)F. The highest BCUT2D eigenvalue weighted by Gasteiger charge is 2.67. The van der Waals surface area contributed by atoms with Gasteiger partial charge in [-0.3, -0.25) is 0 Å². The Morgan fingerprint density at radius 2 is 0.862 bits per heavy atom. The summed E-state index contributed by atoms with van der Waals surface area (Å²) >= 11 is 0. The Bertz CT molecular complexity index is 478. The van der Waals surface area contributed by atoms with Gasteiger partial charge in [-0.15, -0.1) is 0 Å². The molecule has 8 unspecified atom stereocenters. The predicted octanol–water partition coefficient (Wildman–Crippen LogP) is 4.01. The van der Waals surface area contributed by atoms with Crippen LogP contribution >= 0.6 is 0 Å². The summed E-state index contributed by atoms with van der Waals surface area (Å²) in [6.45, 7) is 0. The fourth-order valence-electron chi connectivity index (χ4n) is 2.15. The molecule has 0 rings (SSSR count). The molecule has 0 radical (unpaired) electrons. The first-order valence-electron chi connectivity index (χ1n) is 7.60. The number of rotatable bonds is 13. The molecule has 0 saturated heterocycles. The smallest absolute Gasteiger partial charge is 0.375 e. The maximum atomic E-state index is 14.1. The van der Waals surface area contributed by atoms with E-state index in [1.54, 1.807) is 0 Å². The van der Waals surface area contributed by atoms with Crippen molar-refractivity contribution >= 4 is 8.80 Å². The van der Waals surface area contributed by atoms with Gasteiger partial charge in [0.25, 0.3) is 6.43 Å². The summed E-state index contributed by atoms with van der Waals surface area (Å²) in [5, 5.41) is 0. The van der Waals surface area contributed by atoms with E-state index < -0.39 is 70.1 Å². The van der Waals surface area contributed by atoms with Gasteiger partial charge < -0.3 is 13.3 Å². The molecule has 16 heteroatoms. The highest BCUT2D eigenvalue weighted by Crippen LogP contribution is 2.39. The molecule has 176 valence electrons. The van der Waals surface area contributed by atoms with Gasteiger partial charge in [0.1, 0.15) is 0 Å². The number of hydrogen-bond acceptors (Lipinski definition) is 3. The lowest BCUT2D eigenvalue weighted by Crippen LogP contribution is -2.64. The van der Waals surface area contributed by atoms with Crippen LogP contribution in [-0.2, 0) is 13.3 Å². The molecule has 0 aromatic rings. The maximum absolute atomic E-state index is 14.1. The summed E-state index contributed by atoms with van der Waals surface area (Å²) in [7, 11) is -3.16. The lowest BCUT2D eigenvalue weighted by Gasteiger charge is -2.35. The Morgan fingerprint density at radius 3 is 1.17 bits per heavy atom. The third-order valence-corrected chi connectivity index (χ3v) is 6.62. The Labute approximate surface area is 158 Å². The Kier molecular flexibility index (Phi) is 10.8. The van der Waals surface area contributed by atoms with Gasteiger partial charge in [-0.25, -0.2) is 52.7 Å². The minimum atomic E-state index is -5.48. The summed E-state index contributed by atoms with van der Waals surface area (Å²) in [5.74, 6) is -9.33. The van der Waals surface area contributed by atoms with Crippen LogP contribution in [0.25, 0.3) is 0 Å². The molecule has 0 aliphatic rings. The molecular weight excluding hydrogens is 460 g/mol. The Balaban J connectivity index is 5.50. The van der Waals surface area contributed by atoms with Crippen molar-refractivity contribution in [3.05, 3.63) is 0 Å². The van der Waals surface area contributed by atoms with Gasteiger partial charge in [-0.05, 0) is 0 Å². The van der Waals surface area contributed by atoms with Crippen LogP contribution in [0.15, 0.2) is 0 Å². The normalized spacial score (nSPS) is 21.9. The molecular formula is C13H18F12O3Si. The second kappa shape index (κ2) is 11.0. The summed E-state index contributed by atoms with van der Waals surface area (Å²) < 4.78 is 172. The zero-order chi connectivity index (χ0) is 23.3. The van der Waals surface area contributed by atoms with Crippen molar-refractivity contribution in [2.45, 2.75) is 61.3 Å². The van der Waals surface area contributed by atoms with Crippen molar-refractivity contribution in [2.75, 3.05) is 21.3 Å². The average molecular weight is 478 g/mol. The minimum absolute atomic E-state index is 0.614. The zero-order valence-electron chi connectivity index (χ0n) is 15.0. The van der Waals surface area contributed by atoms with Crippen LogP contribution in [0.5, 0.6) is 0 Å². The van der Waals surface area contributed by atoms with Gasteiger partial charge in [-0.1, -0.05) is 0 Å². The van der Waals surface area contributed by atoms with Crippen LogP contribution in [0, 0.1) is 0 Å². The Morgan fingerprint density at radius 1 is 0.552 bits per heavy atom. The summed E-state index contributed by atoms with van der Waals surface area (Å²) in [4.78, 5) is 0. The van der Waals surface area contributed by atoms with Gasteiger partial charge in [0.05, 0.1) is 0 Å². The van der Waals surface area contributed by atoms with Crippen LogP contribution in [0.3, 0.4) is 0 Å². The minimum Gasteiger partial charge on any atom is -0.375 e. The molecule has 0 spiro atoms. The van der Waals surface area contributed by atoms with Crippen LogP contribution < -0.4 is 0 Å². The van der Waals surface area contributed by atoms with E-state index in [0.717, 1.165) is 0 Å². The molecule has 0 aliphatic carbocycles. The average Bonchev–Trinajstić information content (AvgIpc) is 2.70. The topological polar surface area (TPSA) is 27.7 Å². The molecule has 0 aromatic heterocycles. The van der Waals surface area contributed by atoms with Gasteiger partial charge >= 0.3 is 14.7 Å². The number of halogens is 12. The standard InChI is InChI=1S/C13H18F12O3Si/c1-26-29(27-2,28-3)12(23)13(24,25)10(20)8(18)6(16)4(14)5(15)7(17)9(19)11(21)22/h4-12H,1-3H3. The van der Waals surface area contributed by atoms with Gasteiger partial charge in [0.15, 0.2) is 37.0 Å². The molecule has 0 bridgehead atoms. The van der Waals surface area contributed by atoms with Crippen molar-refractivity contribution in [3.63, 3.8) is 0 Å². The van der Waals surface area contributed by atoms with Crippen molar-refractivity contribution < 1.29 is 66.0 Å². The summed E-state index contributed by atoms with van der Waals surface area (Å²) in [5.41, 5.74) is 0. The van der Waals surface area contributed by atoms with Crippen LogP contribution in [-0.4, -0.2) is 91.5 Å². The van der Waals surface area contributed by atoms with Crippen LogP contribution in [0.2, 0.25) is 0 Å². The zero-order valence-corrected chi connectivity index (χ0v) is 16.0. The molecule has 3 nitrogen and oxygen atoms in total. The Hall–Kier alpha value is -0.743. The van der Waals surface area contributed by atoms with E-state index in [-0.39, 0.29) is 0 Å². The first-order chi connectivity index (χ1) is 13.2. The van der Waals surface area contributed by atoms with E-state index in [0.29, 0.717) is 21.3 Å². The van der Waals surface area contributed by atoms with Crippen LogP contribution in [0.4, 0.5) is 52.7 Å². The van der Waals surface area contributed by atoms with E-state index in [9.17, 15) is 52.7 Å². The fraction of sp³-hybridized carbons (Fsp3) is 1.00. The van der Waals surface area contributed by atoms with Crippen molar-refractivity contribution in [2.24, 2.45) is 0 Å². The molecule has 0 amide bonds. The lowest BCUT2D eigenvalue weighted by molar-refractivity contribution is -0.158. The first kappa shape index (κ1) is 28.3. The van der Waals surface area contributed by atoms with Gasteiger partial charge in [0, 0.05) is 21.3 Å². The van der Waals surface area contributed by atoms with Crippen molar-refractivity contribution in [3.8, 4) is 0 Å². The van der Waals surface area contributed by atoms with Crippen molar-refractivity contribution in [1.82, 2.24) is 0 Å². The first-order valence-corrected chi connectivity index (χ1v) is 9.40. The molecule has 0 saturated carbocycles. The van der Waals surface area contributed by atoms with Gasteiger partial charge in [0.2, 0.25) is 12.0 Å². The van der Waals surface area contributed by atoms with E-state index in [1.807, 2.05) is 0 Å². The lowest BCUT2D eigenvalue weighted by atomic mass is 9.97. The van der Waals surface area contributed by atoms with Gasteiger partial charge in [-0.2, -0.15) is 0 Å². The highest BCUT2D eigenvalue weighted by atomic mass is 28.4. The molecule has 0 aliphatic heterocycles. The molecule has 0 N–H and O–H groups in total. The summed E-state index contributed by atoms with van der Waals surface area (Å²) in [6.07, 6.45) is -33.5. The van der Waals surface area contributed by atoms with E-state index in [2.05, 4.69) is 13.3 Å². The predicted molar refractivity (Wildman–Crippen MR) is 76.9 cm³/mol. The third kappa shape index (κ3) is 5.91.